The fourth-order valence-corrected chi connectivity index (χ4v) is 7.47. The van der Waals surface area contributed by atoms with Gasteiger partial charge in [-0.1, -0.05) is 62.8 Å². The maximum atomic E-state index is 12.3. The summed E-state index contributed by atoms with van der Waals surface area (Å²) in [5, 5.41) is 11.9. The topological polar surface area (TPSA) is 72.8 Å². The second-order valence-electron chi connectivity index (χ2n) is 14.9. The first-order valence-electron chi connectivity index (χ1n) is 17.9. The van der Waals surface area contributed by atoms with Gasteiger partial charge in [-0.15, -0.1) is 0 Å². The fraction of sp³-hybridized carbons (Fsp3) is 0.610. The van der Waals surface area contributed by atoms with Crippen LogP contribution < -0.4 is 0 Å². The van der Waals surface area contributed by atoms with E-state index in [0.717, 1.165) is 50.4 Å². The van der Waals surface area contributed by atoms with Gasteiger partial charge >= 0.3 is 11.9 Å². The van der Waals surface area contributed by atoms with Crippen LogP contribution in [0.4, 0.5) is 0 Å². The molecule has 0 amide bonds. The number of carbonyl (C=O) groups excluding carboxylic acids is 2. The van der Waals surface area contributed by atoms with E-state index in [0.29, 0.717) is 25.0 Å². The summed E-state index contributed by atoms with van der Waals surface area (Å²) in [6.45, 7) is 11.7. The molecular formula is C41H58O5. The molecule has 2 aromatic rings. The summed E-state index contributed by atoms with van der Waals surface area (Å²) in [7, 11) is 0. The summed E-state index contributed by atoms with van der Waals surface area (Å²) >= 11 is 0. The lowest BCUT2D eigenvalue weighted by molar-refractivity contribution is -0.153. The summed E-state index contributed by atoms with van der Waals surface area (Å²) in [6, 6.07) is 14.0. The largest absolute Gasteiger partial charge is 0.465 e. The average Bonchev–Trinajstić information content (AvgIpc) is 3.06. The quantitative estimate of drug-likeness (QED) is 0.121. The number of fused-ring (bicyclic) bond motifs is 1. The van der Waals surface area contributed by atoms with Gasteiger partial charge in [-0.25, -0.2) is 4.79 Å². The number of unbranched alkanes of at least 4 members (excludes halogenated alkanes) is 2. The highest BCUT2D eigenvalue weighted by atomic mass is 16.5. The third-order valence-electron chi connectivity index (χ3n) is 10.5. The van der Waals surface area contributed by atoms with E-state index in [4.69, 9.17) is 9.47 Å². The lowest BCUT2D eigenvalue weighted by Crippen LogP contribution is -2.29. The van der Waals surface area contributed by atoms with Crippen molar-refractivity contribution in [2.45, 2.75) is 111 Å². The highest BCUT2D eigenvalue weighted by molar-refractivity contribution is 5.88. The van der Waals surface area contributed by atoms with Crippen LogP contribution in [0, 0.1) is 29.1 Å². The molecule has 0 aromatic heterocycles. The summed E-state index contributed by atoms with van der Waals surface area (Å²) in [5.74, 6) is 1.63. The van der Waals surface area contributed by atoms with Crippen LogP contribution in [-0.2, 0) is 25.5 Å². The van der Waals surface area contributed by atoms with Crippen LogP contribution in [0.3, 0.4) is 0 Å². The molecule has 1 N–H and O–H groups in total. The van der Waals surface area contributed by atoms with Crippen LogP contribution in [0.2, 0.25) is 0 Å². The van der Waals surface area contributed by atoms with Crippen molar-refractivity contribution in [2.75, 3.05) is 19.8 Å². The highest BCUT2D eigenvalue weighted by Crippen LogP contribution is 2.44. The van der Waals surface area contributed by atoms with Crippen LogP contribution in [0.1, 0.15) is 116 Å². The summed E-state index contributed by atoms with van der Waals surface area (Å²) in [6.07, 6.45) is 17.4. The Bertz CT molecular complexity index is 1340. The Hall–Kier alpha value is -2.92. The standard InChI is InChI=1S/C41H58O5/c1-6-7-8-9-30-10-11-38-27-37(21-20-36(38)26-30)34-18-16-32(17-19-34)31-12-14-33(15-13-31)35(22-24-45-39(43)29(2)28-42)23-25-46-40(44)41(3,4)5/h10-11,18,20-21,26-27,31-33,35,42H,2,6-9,12-17,19,22-25,28H2,1,3-5H3. The number of hydrogen-bond acceptors (Lipinski definition) is 5. The third-order valence-corrected chi connectivity index (χ3v) is 10.5. The van der Waals surface area contributed by atoms with E-state index >= 15 is 0 Å². The molecule has 2 aliphatic rings. The molecule has 0 aliphatic heterocycles. The van der Waals surface area contributed by atoms with Gasteiger partial charge in [0.05, 0.1) is 30.8 Å². The Morgan fingerprint density at radius 3 is 2.26 bits per heavy atom. The number of rotatable bonds is 15. The number of aliphatic hydroxyl groups excluding tert-OH is 1. The van der Waals surface area contributed by atoms with Gasteiger partial charge in [0, 0.05) is 0 Å². The zero-order valence-corrected chi connectivity index (χ0v) is 29.0. The Morgan fingerprint density at radius 2 is 1.61 bits per heavy atom. The summed E-state index contributed by atoms with van der Waals surface area (Å²) in [4.78, 5) is 24.4. The first-order valence-corrected chi connectivity index (χ1v) is 17.9. The van der Waals surface area contributed by atoms with Gasteiger partial charge in [0.2, 0.25) is 0 Å². The molecule has 46 heavy (non-hydrogen) atoms. The maximum absolute atomic E-state index is 12.3. The van der Waals surface area contributed by atoms with E-state index in [-0.39, 0.29) is 11.5 Å². The number of esters is 2. The van der Waals surface area contributed by atoms with Crippen molar-refractivity contribution in [3.05, 3.63) is 65.8 Å². The van der Waals surface area contributed by atoms with Crippen molar-refractivity contribution in [1.29, 1.82) is 0 Å². The molecule has 2 aromatic carbocycles. The first-order chi connectivity index (χ1) is 22.1. The van der Waals surface area contributed by atoms with Gasteiger partial charge in [0.15, 0.2) is 0 Å². The molecule has 5 heteroatoms. The van der Waals surface area contributed by atoms with Gasteiger partial charge in [0.25, 0.3) is 0 Å². The predicted molar refractivity (Wildman–Crippen MR) is 188 cm³/mol. The van der Waals surface area contributed by atoms with E-state index in [1.54, 1.807) is 0 Å². The van der Waals surface area contributed by atoms with Gasteiger partial charge < -0.3 is 14.6 Å². The average molecular weight is 631 g/mol. The van der Waals surface area contributed by atoms with Crippen molar-refractivity contribution in [3.8, 4) is 0 Å². The van der Waals surface area contributed by atoms with Crippen molar-refractivity contribution in [1.82, 2.24) is 0 Å². The number of allylic oxidation sites excluding steroid dienone is 2. The minimum absolute atomic E-state index is 0.0771. The first kappa shape index (κ1) is 35.9. The second-order valence-corrected chi connectivity index (χ2v) is 14.9. The molecule has 0 heterocycles. The summed E-state index contributed by atoms with van der Waals surface area (Å²) < 4.78 is 11.0. The smallest absolute Gasteiger partial charge is 0.335 e. The Morgan fingerprint density at radius 1 is 0.913 bits per heavy atom. The van der Waals surface area contributed by atoms with E-state index in [2.05, 4.69) is 56.0 Å². The number of aliphatic hydroxyl groups is 1. The number of aryl methyl sites for hydroxylation is 1. The molecule has 1 saturated carbocycles. The van der Waals surface area contributed by atoms with E-state index in [1.807, 2.05) is 20.8 Å². The molecule has 2 aliphatic carbocycles. The molecular weight excluding hydrogens is 572 g/mol. The van der Waals surface area contributed by atoms with E-state index in [1.165, 1.54) is 72.4 Å². The molecule has 2 unspecified atom stereocenters. The van der Waals surface area contributed by atoms with Crippen molar-refractivity contribution in [2.24, 2.45) is 29.1 Å². The monoisotopic (exact) mass is 630 g/mol. The van der Waals surface area contributed by atoms with Gasteiger partial charge in [-0.05, 0) is 149 Å². The van der Waals surface area contributed by atoms with Crippen LogP contribution in [0.25, 0.3) is 16.3 Å². The van der Waals surface area contributed by atoms with Gasteiger partial charge in [0.1, 0.15) is 0 Å². The molecule has 0 bridgehead atoms. The molecule has 0 radical (unpaired) electrons. The number of benzene rings is 2. The molecule has 2 atom stereocenters. The third kappa shape index (κ3) is 10.3. The van der Waals surface area contributed by atoms with Crippen LogP contribution in [0.5, 0.6) is 0 Å². The predicted octanol–water partition coefficient (Wildman–Crippen LogP) is 9.64. The van der Waals surface area contributed by atoms with Crippen molar-refractivity contribution in [3.63, 3.8) is 0 Å². The van der Waals surface area contributed by atoms with Gasteiger partial charge in [-0.2, -0.15) is 0 Å². The SMILES string of the molecule is C=C(CO)C(=O)OCCC(CCOC(=O)C(C)(C)C)C1CCC(C2CC=C(c3ccc4cc(CCCCC)ccc4c3)CC2)CC1. The number of hydrogen-bond donors (Lipinski definition) is 1. The minimum Gasteiger partial charge on any atom is -0.465 e. The zero-order valence-electron chi connectivity index (χ0n) is 29.0. The Balaban J connectivity index is 1.29. The molecule has 252 valence electrons. The minimum atomic E-state index is -0.538. The zero-order chi connectivity index (χ0) is 33.1. The molecule has 1 fully saturated rings. The van der Waals surface area contributed by atoms with Crippen molar-refractivity contribution < 1.29 is 24.2 Å². The second kappa shape index (κ2) is 17.3. The molecule has 0 saturated heterocycles. The molecule has 0 spiro atoms. The molecule has 4 rings (SSSR count). The maximum Gasteiger partial charge on any atom is 0.335 e. The molecule has 5 nitrogen and oxygen atoms in total. The lowest BCUT2D eigenvalue weighted by atomic mass is 9.68. The highest BCUT2D eigenvalue weighted by Gasteiger charge is 2.32. The lowest BCUT2D eigenvalue weighted by Gasteiger charge is -2.38. The van der Waals surface area contributed by atoms with Crippen molar-refractivity contribution >= 4 is 28.3 Å². The van der Waals surface area contributed by atoms with E-state index in [9.17, 15) is 14.7 Å². The van der Waals surface area contributed by atoms with Gasteiger partial charge in [-0.3, -0.25) is 4.79 Å². The Kier molecular flexibility index (Phi) is 13.5. The van der Waals surface area contributed by atoms with Crippen LogP contribution in [0.15, 0.2) is 54.6 Å². The fourth-order valence-electron chi connectivity index (χ4n) is 7.47. The number of ether oxygens (including phenoxy) is 2. The Labute approximate surface area is 277 Å². The van der Waals surface area contributed by atoms with E-state index < -0.39 is 18.0 Å². The number of carbonyl (C=O) groups is 2. The van der Waals surface area contributed by atoms with Crippen LogP contribution >= 0.6 is 0 Å². The normalized spacial score (nSPS) is 21.0. The summed E-state index contributed by atoms with van der Waals surface area (Å²) in [5.41, 5.74) is 3.89. The van der Waals surface area contributed by atoms with Crippen LogP contribution in [-0.4, -0.2) is 36.9 Å².